The van der Waals surface area contributed by atoms with E-state index in [0.717, 1.165) is 30.5 Å². The fraction of sp³-hybridized carbons (Fsp3) is 0.227. The molecule has 0 N–H and O–H groups in total. The van der Waals surface area contributed by atoms with Crippen LogP contribution >= 0.6 is 0 Å². The predicted molar refractivity (Wildman–Crippen MR) is 102 cm³/mol. The first-order chi connectivity index (χ1) is 12.3. The number of carbonyl (C=O) groups excluding carboxylic acids is 1. The van der Waals surface area contributed by atoms with Gasteiger partial charge in [0, 0.05) is 12.7 Å². The standard InChI is InChI=1S/C22H24N2O/c1-2-3-10-16-24-21(20-13-8-5-9-14-20)15-17-23(22(24)25)18-19-11-6-4-7-12-19/h2,4-9,11-15,17,21H,1,3,10,16,18H2/t21-/m1/s1. The first-order valence-corrected chi connectivity index (χ1v) is 8.75. The minimum atomic E-state index is -0.00876. The van der Waals surface area contributed by atoms with Gasteiger partial charge in [-0.25, -0.2) is 4.79 Å². The molecule has 25 heavy (non-hydrogen) atoms. The zero-order valence-corrected chi connectivity index (χ0v) is 14.4. The topological polar surface area (TPSA) is 23.6 Å². The number of nitrogens with zero attached hydrogens (tertiary/aromatic N) is 2. The molecule has 3 heteroatoms. The Morgan fingerprint density at radius 3 is 2.36 bits per heavy atom. The number of unbranched alkanes of at least 4 members (excludes halogenated alkanes) is 1. The Bertz CT molecular complexity index is 724. The van der Waals surface area contributed by atoms with Crippen molar-refractivity contribution in [3.05, 3.63) is 96.7 Å². The van der Waals surface area contributed by atoms with Gasteiger partial charge in [0.05, 0.1) is 12.6 Å². The maximum Gasteiger partial charge on any atom is 0.325 e. The van der Waals surface area contributed by atoms with Crippen LogP contribution in [0.2, 0.25) is 0 Å². The van der Waals surface area contributed by atoms with Crippen molar-refractivity contribution < 1.29 is 4.79 Å². The lowest BCUT2D eigenvalue weighted by atomic mass is 10.0. The van der Waals surface area contributed by atoms with Crippen LogP contribution in [0.3, 0.4) is 0 Å². The zero-order valence-electron chi connectivity index (χ0n) is 14.4. The van der Waals surface area contributed by atoms with Crippen molar-refractivity contribution in [1.29, 1.82) is 0 Å². The van der Waals surface area contributed by atoms with Crippen LogP contribution in [-0.2, 0) is 6.54 Å². The summed E-state index contributed by atoms with van der Waals surface area (Å²) in [6.07, 6.45) is 7.79. The van der Waals surface area contributed by atoms with Gasteiger partial charge in [0.25, 0.3) is 0 Å². The second-order valence-corrected chi connectivity index (χ2v) is 6.22. The van der Waals surface area contributed by atoms with E-state index in [2.05, 4.69) is 24.8 Å². The fourth-order valence-corrected chi connectivity index (χ4v) is 3.12. The van der Waals surface area contributed by atoms with Crippen LogP contribution in [0.15, 0.2) is 85.6 Å². The third-order valence-electron chi connectivity index (χ3n) is 4.42. The van der Waals surface area contributed by atoms with Crippen LogP contribution in [0.5, 0.6) is 0 Å². The molecule has 0 aromatic heterocycles. The molecule has 1 aliphatic heterocycles. The molecule has 0 aliphatic carbocycles. The SMILES string of the molecule is C=CCCCN1C(=O)N(Cc2ccccc2)C=C[C@@H]1c1ccccc1. The first kappa shape index (κ1) is 17.0. The van der Waals surface area contributed by atoms with Crippen LogP contribution < -0.4 is 0 Å². The maximum atomic E-state index is 13.1. The Kier molecular flexibility index (Phi) is 5.68. The second kappa shape index (κ2) is 8.34. The summed E-state index contributed by atoms with van der Waals surface area (Å²) in [6.45, 7) is 5.10. The van der Waals surface area contributed by atoms with Crippen LogP contribution in [-0.4, -0.2) is 22.4 Å². The summed E-state index contributed by atoms with van der Waals surface area (Å²) in [5, 5.41) is 0. The Labute approximate surface area is 149 Å². The average Bonchev–Trinajstić information content (AvgIpc) is 2.66. The second-order valence-electron chi connectivity index (χ2n) is 6.22. The summed E-state index contributed by atoms with van der Waals surface area (Å²) in [5.41, 5.74) is 2.27. The fourth-order valence-electron chi connectivity index (χ4n) is 3.12. The van der Waals surface area contributed by atoms with E-state index in [-0.39, 0.29) is 12.1 Å². The average molecular weight is 332 g/mol. The van der Waals surface area contributed by atoms with E-state index < -0.39 is 0 Å². The smallest absolute Gasteiger partial charge is 0.314 e. The van der Waals surface area contributed by atoms with E-state index in [0.29, 0.717) is 6.54 Å². The van der Waals surface area contributed by atoms with Gasteiger partial charge in [0.2, 0.25) is 0 Å². The Balaban J connectivity index is 1.82. The van der Waals surface area contributed by atoms with E-state index in [1.807, 2.05) is 65.7 Å². The summed E-state index contributed by atoms with van der Waals surface area (Å²) in [5.74, 6) is 0. The van der Waals surface area contributed by atoms with Gasteiger partial charge in [0.1, 0.15) is 0 Å². The molecule has 0 saturated carbocycles. The highest BCUT2D eigenvalue weighted by molar-refractivity contribution is 5.77. The Hall–Kier alpha value is -2.81. The minimum absolute atomic E-state index is 0.00876. The number of benzene rings is 2. The lowest BCUT2D eigenvalue weighted by Gasteiger charge is -2.38. The largest absolute Gasteiger partial charge is 0.325 e. The Morgan fingerprint density at radius 2 is 1.68 bits per heavy atom. The number of amides is 2. The van der Waals surface area contributed by atoms with Gasteiger partial charge in [0.15, 0.2) is 0 Å². The molecule has 0 unspecified atom stereocenters. The number of allylic oxidation sites excluding steroid dienone is 1. The van der Waals surface area contributed by atoms with Gasteiger partial charge in [-0.3, -0.25) is 4.90 Å². The number of hydrogen-bond acceptors (Lipinski definition) is 1. The molecule has 1 atom stereocenters. The summed E-state index contributed by atoms with van der Waals surface area (Å²) >= 11 is 0. The van der Waals surface area contributed by atoms with Gasteiger partial charge in [-0.1, -0.05) is 66.7 Å². The maximum absolute atomic E-state index is 13.1. The number of urea groups is 1. The van der Waals surface area contributed by atoms with Gasteiger partial charge in [-0.15, -0.1) is 6.58 Å². The molecule has 2 aromatic carbocycles. The van der Waals surface area contributed by atoms with Crippen molar-refractivity contribution in [1.82, 2.24) is 9.80 Å². The number of rotatable bonds is 7. The lowest BCUT2D eigenvalue weighted by Crippen LogP contribution is -2.45. The third kappa shape index (κ3) is 4.18. The molecule has 2 amide bonds. The number of hydrogen-bond donors (Lipinski definition) is 0. The highest BCUT2D eigenvalue weighted by Gasteiger charge is 2.30. The van der Waals surface area contributed by atoms with Crippen LogP contribution in [0.1, 0.15) is 30.0 Å². The quantitative estimate of drug-likeness (QED) is 0.508. The molecule has 3 rings (SSSR count). The molecule has 0 bridgehead atoms. The Morgan fingerprint density at radius 1 is 1.00 bits per heavy atom. The minimum Gasteiger partial charge on any atom is -0.314 e. The van der Waals surface area contributed by atoms with Gasteiger partial charge >= 0.3 is 6.03 Å². The molecule has 1 aliphatic rings. The van der Waals surface area contributed by atoms with Gasteiger partial charge < -0.3 is 4.90 Å². The van der Waals surface area contributed by atoms with Gasteiger partial charge in [-0.05, 0) is 30.0 Å². The van der Waals surface area contributed by atoms with Gasteiger partial charge in [-0.2, -0.15) is 0 Å². The zero-order chi connectivity index (χ0) is 17.5. The molecular weight excluding hydrogens is 308 g/mol. The first-order valence-electron chi connectivity index (χ1n) is 8.75. The molecule has 0 spiro atoms. The number of carbonyl (C=O) groups is 1. The normalized spacial score (nSPS) is 17.0. The van der Waals surface area contributed by atoms with Crippen molar-refractivity contribution in [2.75, 3.05) is 6.54 Å². The van der Waals surface area contributed by atoms with E-state index in [9.17, 15) is 4.79 Å². The molecule has 3 nitrogen and oxygen atoms in total. The van der Waals surface area contributed by atoms with Crippen molar-refractivity contribution in [3.63, 3.8) is 0 Å². The highest BCUT2D eigenvalue weighted by Crippen LogP contribution is 2.28. The van der Waals surface area contributed by atoms with Crippen LogP contribution in [0.4, 0.5) is 4.79 Å². The predicted octanol–water partition coefficient (Wildman–Crippen LogP) is 5.15. The molecule has 0 saturated heterocycles. The van der Waals surface area contributed by atoms with E-state index in [4.69, 9.17) is 0 Å². The van der Waals surface area contributed by atoms with E-state index >= 15 is 0 Å². The summed E-state index contributed by atoms with van der Waals surface area (Å²) in [7, 11) is 0. The molecule has 0 fully saturated rings. The van der Waals surface area contributed by atoms with Crippen molar-refractivity contribution in [3.8, 4) is 0 Å². The summed E-state index contributed by atoms with van der Waals surface area (Å²) in [6, 6.07) is 20.3. The van der Waals surface area contributed by atoms with Crippen molar-refractivity contribution >= 4 is 6.03 Å². The molecule has 1 heterocycles. The molecular formula is C22H24N2O. The summed E-state index contributed by atoms with van der Waals surface area (Å²) in [4.78, 5) is 16.8. The van der Waals surface area contributed by atoms with Crippen molar-refractivity contribution in [2.45, 2.75) is 25.4 Å². The molecule has 2 aromatic rings. The van der Waals surface area contributed by atoms with E-state index in [1.165, 1.54) is 0 Å². The highest BCUT2D eigenvalue weighted by atomic mass is 16.2. The monoisotopic (exact) mass is 332 g/mol. The molecule has 128 valence electrons. The lowest BCUT2D eigenvalue weighted by molar-refractivity contribution is 0.146. The van der Waals surface area contributed by atoms with Crippen molar-refractivity contribution in [2.24, 2.45) is 0 Å². The molecule has 0 radical (unpaired) electrons. The summed E-state index contributed by atoms with van der Waals surface area (Å²) < 4.78 is 0. The van der Waals surface area contributed by atoms with E-state index in [1.54, 1.807) is 4.90 Å². The third-order valence-corrected chi connectivity index (χ3v) is 4.42. The van der Waals surface area contributed by atoms with Crippen LogP contribution in [0, 0.1) is 0 Å². The van der Waals surface area contributed by atoms with Crippen LogP contribution in [0.25, 0.3) is 0 Å².